The number of amides is 2. The van der Waals surface area contributed by atoms with Crippen molar-refractivity contribution in [2.75, 3.05) is 17.7 Å². The molecule has 0 aliphatic carbocycles. The lowest BCUT2D eigenvalue weighted by Crippen LogP contribution is -2.29. The maximum absolute atomic E-state index is 12.0. The van der Waals surface area contributed by atoms with Crippen molar-refractivity contribution in [1.82, 2.24) is 15.2 Å². The van der Waals surface area contributed by atoms with Gasteiger partial charge in [0.1, 0.15) is 5.82 Å². The molecule has 0 aliphatic heterocycles. The molecule has 3 aromatic rings. The summed E-state index contributed by atoms with van der Waals surface area (Å²) in [7, 11) is 1.27. The van der Waals surface area contributed by atoms with Crippen LogP contribution in [0.15, 0.2) is 36.7 Å². The number of aromatic amines is 2. The summed E-state index contributed by atoms with van der Waals surface area (Å²) in [5, 5.41) is 11.6. The first-order valence-electron chi connectivity index (χ1n) is 6.89. The molecular weight excluding hydrogens is 314 g/mol. The van der Waals surface area contributed by atoms with Crippen molar-refractivity contribution in [3.05, 3.63) is 42.2 Å². The number of fused-ring (bicyclic) bond motifs is 1. The predicted octanol–water partition coefficient (Wildman–Crippen LogP) is 1.25. The Morgan fingerprint density at radius 1 is 1.12 bits per heavy atom. The number of ether oxygens (including phenoxy) is 1. The van der Waals surface area contributed by atoms with Gasteiger partial charge in [-0.2, -0.15) is 5.10 Å². The fourth-order valence-electron chi connectivity index (χ4n) is 2.21. The molecule has 24 heavy (non-hydrogen) atoms. The van der Waals surface area contributed by atoms with Crippen molar-refractivity contribution >= 4 is 40.2 Å². The van der Waals surface area contributed by atoms with Crippen molar-refractivity contribution < 1.29 is 19.1 Å². The molecule has 0 spiro atoms. The van der Waals surface area contributed by atoms with Crippen molar-refractivity contribution in [3.8, 4) is 0 Å². The van der Waals surface area contributed by atoms with Crippen LogP contribution in [0.25, 0.3) is 10.9 Å². The average Bonchev–Trinajstić information content (AvgIpc) is 3.24. The zero-order valence-electron chi connectivity index (χ0n) is 12.5. The Hall–Kier alpha value is -3.62. The first-order chi connectivity index (χ1) is 11.6. The molecule has 2 heterocycles. The number of nitrogens with one attached hydrogen (secondary N) is 4. The molecule has 0 bridgehead atoms. The van der Waals surface area contributed by atoms with E-state index >= 15 is 0 Å². The highest BCUT2D eigenvalue weighted by atomic mass is 16.5. The first kappa shape index (κ1) is 15.3. The number of methoxy groups -OCH3 is 1. The van der Waals surface area contributed by atoms with Gasteiger partial charge in [-0.15, -0.1) is 0 Å². The molecule has 1 aromatic carbocycles. The van der Waals surface area contributed by atoms with E-state index in [1.165, 1.54) is 25.4 Å². The number of rotatable bonds is 3. The monoisotopic (exact) mass is 327 g/mol. The molecule has 3 rings (SSSR count). The molecule has 2 aromatic heterocycles. The Kier molecular flexibility index (Phi) is 3.98. The number of benzene rings is 1. The summed E-state index contributed by atoms with van der Waals surface area (Å²) >= 11 is 0. The van der Waals surface area contributed by atoms with Crippen molar-refractivity contribution in [1.29, 1.82) is 0 Å². The lowest BCUT2D eigenvalue weighted by atomic mass is 10.1. The van der Waals surface area contributed by atoms with Gasteiger partial charge in [0.15, 0.2) is 0 Å². The molecule has 2 amide bonds. The Labute approximate surface area is 135 Å². The molecule has 9 nitrogen and oxygen atoms in total. The number of carbonyl (C=O) groups is 3. The van der Waals surface area contributed by atoms with E-state index in [1.807, 2.05) is 0 Å². The molecule has 0 aliphatic rings. The number of hydrogen-bond donors (Lipinski definition) is 4. The third kappa shape index (κ3) is 2.95. The van der Waals surface area contributed by atoms with Crippen molar-refractivity contribution in [2.24, 2.45) is 0 Å². The predicted molar refractivity (Wildman–Crippen MR) is 85.5 cm³/mol. The number of aromatic nitrogens is 3. The highest BCUT2D eigenvalue weighted by molar-refractivity contribution is 6.43. The number of carbonyl (C=O) groups excluding carboxylic acids is 3. The summed E-state index contributed by atoms with van der Waals surface area (Å²) in [5.41, 5.74) is 1.19. The lowest BCUT2D eigenvalue weighted by molar-refractivity contribution is -0.133. The van der Waals surface area contributed by atoms with Gasteiger partial charge in [-0.3, -0.25) is 14.7 Å². The molecule has 0 saturated carbocycles. The number of nitrogens with zero attached hydrogens (tertiary/aromatic N) is 1. The van der Waals surface area contributed by atoms with Gasteiger partial charge in [-0.05, 0) is 18.2 Å². The summed E-state index contributed by atoms with van der Waals surface area (Å²) in [4.78, 5) is 38.6. The van der Waals surface area contributed by atoms with Crippen LogP contribution in [0.5, 0.6) is 0 Å². The zero-order valence-corrected chi connectivity index (χ0v) is 12.5. The van der Waals surface area contributed by atoms with Crippen LogP contribution < -0.4 is 10.6 Å². The fraction of sp³-hybridized carbons (Fsp3) is 0.0667. The third-order valence-corrected chi connectivity index (χ3v) is 3.29. The maximum Gasteiger partial charge on any atom is 0.338 e. The summed E-state index contributed by atoms with van der Waals surface area (Å²) in [6.45, 7) is 0. The van der Waals surface area contributed by atoms with Crippen LogP contribution >= 0.6 is 0 Å². The largest absolute Gasteiger partial charge is 0.465 e. The Morgan fingerprint density at radius 2 is 1.92 bits per heavy atom. The van der Waals surface area contributed by atoms with Gasteiger partial charge in [-0.25, -0.2) is 4.79 Å². The molecule has 9 heteroatoms. The van der Waals surface area contributed by atoms with Gasteiger partial charge >= 0.3 is 17.8 Å². The minimum Gasteiger partial charge on any atom is -0.465 e. The SMILES string of the molecule is COC(=O)c1cc(NC(=O)C(=O)Nc2ccn[nH]2)cc2[nH]ccc12. The standard InChI is InChI=1S/C15H13N5O4/c1-24-15(23)10-6-8(7-11-9(10)2-4-16-11)18-13(21)14(22)19-12-3-5-17-20-12/h2-7,16H,1H3,(H,18,21)(H2,17,19,20,22). The van der Waals surface area contributed by atoms with Crippen molar-refractivity contribution in [2.45, 2.75) is 0 Å². The average molecular weight is 327 g/mol. The fourth-order valence-corrected chi connectivity index (χ4v) is 2.21. The summed E-state index contributed by atoms with van der Waals surface area (Å²) in [5.74, 6) is -2.00. The minimum absolute atomic E-state index is 0.278. The van der Waals surface area contributed by atoms with Gasteiger partial charge in [0, 0.05) is 28.9 Å². The minimum atomic E-state index is -0.883. The molecule has 0 atom stereocenters. The van der Waals surface area contributed by atoms with E-state index < -0.39 is 17.8 Å². The second-order valence-electron chi connectivity index (χ2n) is 4.83. The highest BCUT2D eigenvalue weighted by Crippen LogP contribution is 2.24. The van der Waals surface area contributed by atoms with E-state index in [0.29, 0.717) is 16.7 Å². The Balaban J connectivity index is 1.83. The number of anilines is 2. The molecule has 0 radical (unpaired) electrons. The van der Waals surface area contributed by atoms with Gasteiger partial charge in [0.2, 0.25) is 0 Å². The quantitative estimate of drug-likeness (QED) is 0.425. The summed E-state index contributed by atoms with van der Waals surface area (Å²) in [6.07, 6.45) is 3.10. The Morgan fingerprint density at radius 3 is 2.62 bits per heavy atom. The van der Waals surface area contributed by atoms with Crippen LogP contribution in [0.1, 0.15) is 10.4 Å². The molecule has 0 fully saturated rings. The lowest BCUT2D eigenvalue weighted by Gasteiger charge is -2.08. The molecular formula is C15H13N5O4. The normalized spacial score (nSPS) is 10.4. The van der Waals surface area contributed by atoms with Crippen molar-refractivity contribution in [3.63, 3.8) is 0 Å². The topological polar surface area (TPSA) is 129 Å². The van der Waals surface area contributed by atoms with E-state index in [0.717, 1.165) is 0 Å². The molecule has 4 N–H and O–H groups in total. The maximum atomic E-state index is 12.0. The number of hydrogen-bond acceptors (Lipinski definition) is 5. The van der Waals surface area contributed by atoms with Crippen LogP contribution in [-0.4, -0.2) is 40.1 Å². The third-order valence-electron chi connectivity index (χ3n) is 3.29. The van der Waals surface area contributed by atoms with Gasteiger partial charge < -0.3 is 20.4 Å². The molecule has 0 saturated heterocycles. The van der Waals surface area contributed by atoms with Crippen LogP contribution in [0.4, 0.5) is 11.5 Å². The van der Waals surface area contributed by atoms with Crippen LogP contribution in [0.2, 0.25) is 0 Å². The molecule has 122 valence electrons. The van der Waals surface area contributed by atoms with E-state index in [-0.39, 0.29) is 11.3 Å². The number of H-pyrrole nitrogens is 2. The van der Waals surface area contributed by atoms with Crippen LogP contribution in [-0.2, 0) is 14.3 Å². The summed E-state index contributed by atoms with van der Waals surface area (Å²) < 4.78 is 4.74. The smallest absolute Gasteiger partial charge is 0.338 e. The van der Waals surface area contributed by atoms with Crippen LogP contribution in [0, 0.1) is 0 Å². The van der Waals surface area contributed by atoms with Gasteiger partial charge in [-0.1, -0.05) is 0 Å². The Bertz CT molecular complexity index is 913. The second kappa shape index (κ2) is 6.24. The van der Waals surface area contributed by atoms with Gasteiger partial charge in [0.05, 0.1) is 18.9 Å². The first-order valence-corrected chi connectivity index (χ1v) is 6.89. The van der Waals surface area contributed by atoms with E-state index in [9.17, 15) is 14.4 Å². The second-order valence-corrected chi connectivity index (χ2v) is 4.83. The van der Waals surface area contributed by atoms with Crippen LogP contribution in [0.3, 0.4) is 0 Å². The van der Waals surface area contributed by atoms with E-state index in [4.69, 9.17) is 4.74 Å². The zero-order chi connectivity index (χ0) is 17.1. The van der Waals surface area contributed by atoms with Gasteiger partial charge in [0.25, 0.3) is 0 Å². The highest BCUT2D eigenvalue weighted by Gasteiger charge is 2.18. The van der Waals surface area contributed by atoms with E-state index in [1.54, 1.807) is 18.3 Å². The summed E-state index contributed by atoms with van der Waals surface area (Å²) in [6, 6.07) is 6.29. The van der Waals surface area contributed by atoms with E-state index in [2.05, 4.69) is 25.8 Å². The molecule has 0 unspecified atom stereocenters. The number of esters is 1.